The van der Waals surface area contributed by atoms with Crippen molar-refractivity contribution in [3.63, 3.8) is 0 Å². The first-order valence-corrected chi connectivity index (χ1v) is 14.1. The van der Waals surface area contributed by atoms with E-state index in [9.17, 15) is 32.3 Å². The molecule has 3 aliphatic rings. The maximum absolute atomic E-state index is 16.1. The number of nitrogens with zero attached hydrogens (tertiary/aromatic N) is 2. The molecule has 0 spiro atoms. The summed E-state index contributed by atoms with van der Waals surface area (Å²) in [6.07, 6.45) is -4.50. The molecule has 2 aromatic carbocycles. The fourth-order valence-electron chi connectivity index (χ4n) is 6.91. The number of hydrogen-bond donors (Lipinski definition) is 1. The number of fused-ring (bicyclic) bond motifs is 3. The van der Waals surface area contributed by atoms with Gasteiger partial charge in [-0.25, -0.2) is 8.78 Å². The second kappa shape index (κ2) is 10.1. The Balaban J connectivity index is 1.55. The summed E-state index contributed by atoms with van der Waals surface area (Å²) in [7, 11) is 1.67. The topological polar surface area (TPSA) is 60.9 Å². The normalized spacial score (nSPS) is 29.5. The van der Waals surface area contributed by atoms with Crippen molar-refractivity contribution in [2.24, 2.45) is 5.92 Å². The number of aliphatic carboxylic acids is 1. The average molecular weight is 599 g/mol. The lowest BCUT2D eigenvalue weighted by Gasteiger charge is -2.48. The number of halogens is 6. The summed E-state index contributed by atoms with van der Waals surface area (Å²) >= 11 is 6.09. The summed E-state index contributed by atoms with van der Waals surface area (Å²) in [5, 5.41) is 9.86. The molecule has 0 bridgehead atoms. The molecule has 5 nitrogen and oxygen atoms in total. The molecule has 2 heterocycles. The Kier molecular flexibility index (Phi) is 7.32. The summed E-state index contributed by atoms with van der Waals surface area (Å²) in [6, 6.07) is 10.5. The van der Waals surface area contributed by atoms with Crippen LogP contribution in [0.1, 0.15) is 55.7 Å². The predicted octanol–water partition coefficient (Wildman–Crippen LogP) is 6.60. The second-order valence-corrected chi connectivity index (χ2v) is 12.4. The maximum atomic E-state index is 16.1. The number of likely N-dealkylation sites (tertiary alicyclic amines) is 1. The van der Waals surface area contributed by atoms with Crippen molar-refractivity contribution in [1.29, 1.82) is 0 Å². The van der Waals surface area contributed by atoms with Gasteiger partial charge in [0.2, 0.25) is 5.67 Å². The molecule has 11 heteroatoms. The zero-order chi connectivity index (χ0) is 30.0. The lowest BCUT2D eigenvalue weighted by molar-refractivity contribution is -0.228. The van der Waals surface area contributed by atoms with Crippen LogP contribution in [0.4, 0.5) is 27.6 Å². The molecule has 1 saturated carbocycles. The van der Waals surface area contributed by atoms with Crippen LogP contribution < -0.4 is 4.90 Å². The van der Waals surface area contributed by atoms with E-state index in [4.69, 9.17) is 11.6 Å². The number of carbonyl (C=O) groups is 2. The van der Waals surface area contributed by atoms with Crippen molar-refractivity contribution in [3.05, 3.63) is 64.2 Å². The number of amides is 1. The van der Waals surface area contributed by atoms with E-state index >= 15 is 4.39 Å². The molecule has 2 fully saturated rings. The van der Waals surface area contributed by atoms with Gasteiger partial charge in [0.1, 0.15) is 0 Å². The van der Waals surface area contributed by atoms with Gasteiger partial charge in [-0.3, -0.25) is 9.59 Å². The third kappa shape index (κ3) is 4.96. The third-order valence-corrected chi connectivity index (χ3v) is 9.74. The first kappa shape index (κ1) is 29.6. The minimum atomic E-state index is -5.11. The monoisotopic (exact) mass is 598 g/mol. The molecule has 2 aliphatic heterocycles. The Morgan fingerprint density at radius 3 is 2.27 bits per heavy atom. The highest BCUT2D eigenvalue weighted by atomic mass is 35.5. The molecule has 3 unspecified atom stereocenters. The number of benzene rings is 2. The second-order valence-electron chi connectivity index (χ2n) is 11.9. The summed E-state index contributed by atoms with van der Waals surface area (Å²) in [5.41, 5.74) is -5.04. The molecule has 2 aromatic rings. The Bertz CT molecular complexity index is 1340. The Morgan fingerprint density at radius 1 is 1.05 bits per heavy atom. The van der Waals surface area contributed by atoms with Gasteiger partial charge in [0.15, 0.2) is 5.67 Å². The number of carboxylic acid groups (broad SMARTS) is 1. The smallest absolute Gasteiger partial charge is 0.426 e. The van der Waals surface area contributed by atoms with Crippen LogP contribution in [0, 0.1) is 5.92 Å². The first-order valence-electron chi connectivity index (χ1n) is 13.7. The quantitative estimate of drug-likeness (QED) is 0.394. The van der Waals surface area contributed by atoms with Gasteiger partial charge in [-0.2, -0.15) is 13.2 Å². The van der Waals surface area contributed by atoms with Crippen LogP contribution in [0.2, 0.25) is 5.02 Å². The van der Waals surface area contributed by atoms with Gasteiger partial charge in [0, 0.05) is 41.8 Å². The maximum Gasteiger partial charge on any atom is 0.426 e. The number of anilines is 1. The Labute approximate surface area is 240 Å². The Hall–Kier alpha value is -2.88. The van der Waals surface area contributed by atoms with Gasteiger partial charge in [-0.1, -0.05) is 35.9 Å². The van der Waals surface area contributed by atoms with Gasteiger partial charge in [-0.15, -0.1) is 0 Å². The van der Waals surface area contributed by atoms with Crippen LogP contribution in [0.15, 0.2) is 42.5 Å². The predicted molar refractivity (Wildman–Crippen MR) is 145 cm³/mol. The van der Waals surface area contributed by atoms with Crippen LogP contribution in [0.5, 0.6) is 0 Å². The lowest BCUT2D eigenvalue weighted by Crippen LogP contribution is -2.59. The van der Waals surface area contributed by atoms with Crippen LogP contribution in [0.3, 0.4) is 0 Å². The fourth-order valence-corrected chi connectivity index (χ4v) is 7.04. The van der Waals surface area contributed by atoms with E-state index < -0.39 is 52.3 Å². The molecule has 0 aromatic heterocycles. The molecular formula is C30H32ClF5N2O3. The van der Waals surface area contributed by atoms with Crippen molar-refractivity contribution in [1.82, 2.24) is 4.90 Å². The molecule has 5 rings (SSSR count). The van der Waals surface area contributed by atoms with Gasteiger partial charge in [0.25, 0.3) is 5.91 Å². The summed E-state index contributed by atoms with van der Waals surface area (Å²) in [6.45, 7) is 0.932. The molecule has 3 atom stereocenters. The third-order valence-electron chi connectivity index (χ3n) is 9.48. The van der Waals surface area contributed by atoms with E-state index in [1.807, 2.05) is 12.1 Å². The van der Waals surface area contributed by atoms with Crippen LogP contribution >= 0.6 is 11.6 Å². The SMILES string of the molecule is CN1CC2N(C(=O)[C@]3(F)CC[C@@H](C(=O)O)CC3)CCC2(Cc2ccc(Cl)cc2)c2ccc(C(C)(F)C(F)(F)F)cc21. The molecule has 0 radical (unpaired) electrons. The molecule has 1 saturated heterocycles. The summed E-state index contributed by atoms with van der Waals surface area (Å²) < 4.78 is 71.8. The summed E-state index contributed by atoms with van der Waals surface area (Å²) in [4.78, 5) is 28.4. The largest absolute Gasteiger partial charge is 0.481 e. The first-order chi connectivity index (χ1) is 19.1. The molecule has 1 amide bonds. The van der Waals surface area contributed by atoms with Gasteiger partial charge >= 0.3 is 12.1 Å². The van der Waals surface area contributed by atoms with E-state index in [1.54, 1.807) is 29.0 Å². The van der Waals surface area contributed by atoms with E-state index in [2.05, 4.69) is 0 Å². The number of carbonyl (C=O) groups excluding carboxylic acids is 1. The minimum Gasteiger partial charge on any atom is -0.481 e. The van der Waals surface area contributed by atoms with E-state index in [0.717, 1.165) is 11.6 Å². The van der Waals surface area contributed by atoms with E-state index in [-0.39, 0.29) is 38.8 Å². The minimum absolute atomic E-state index is 0.0682. The average Bonchev–Trinajstić information content (AvgIpc) is 3.27. The number of rotatable bonds is 5. The highest BCUT2D eigenvalue weighted by Gasteiger charge is 2.58. The van der Waals surface area contributed by atoms with Gasteiger partial charge in [0.05, 0.1) is 12.0 Å². The van der Waals surface area contributed by atoms with Crippen molar-refractivity contribution in [2.75, 3.05) is 25.0 Å². The van der Waals surface area contributed by atoms with Gasteiger partial charge in [-0.05, 0) is 74.8 Å². The van der Waals surface area contributed by atoms with Crippen molar-refractivity contribution < 1.29 is 36.6 Å². The number of carboxylic acids is 1. The van der Waals surface area contributed by atoms with E-state index in [0.29, 0.717) is 36.0 Å². The van der Waals surface area contributed by atoms with Crippen molar-refractivity contribution in [2.45, 2.75) is 74.4 Å². The number of hydrogen-bond acceptors (Lipinski definition) is 3. The van der Waals surface area contributed by atoms with Crippen LogP contribution in [-0.4, -0.2) is 59.9 Å². The zero-order valence-electron chi connectivity index (χ0n) is 22.8. The zero-order valence-corrected chi connectivity index (χ0v) is 23.5. The van der Waals surface area contributed by atoms with Crippen molar-refractivity contribution in [3.8, 4) is 0 Å². The number of likely N-dealkylation sites (N-methyl/N-ethyl adjacent to an activating group) is 1. The highest BCUT2D eigenvalue weighted by molar-refractivity contribution is 6.30. The Morgan fingerprint density at radius 2 is 1.68 bits per heavy atom. The molecule has 1 N–H and O–H groups in total. The van der Waals surface area contributed by atoms with Crippen LogP contribution in [0.25, 0.3) is 0 Å². The van der Waals surface area contributed by atoms with Gasteiger partial charge < -0.3 is 14.9 Å². The molecule has 1 aliphatic carbocycles. The highest BCUT2D eigenvalue weighted by Crippen LogP contribution is 2.53. The summed E-state index contributed by atoms with van der Waals surface area (Å²) in [5.74, 6) is -2.36. The molecular weight excluding hydrogens is 567 g/mol. The number of alkyl halides is 5. The standard InChI is InChI=1S/C30H32ClF5N2O3/c1-27(32,30(34,35)36)20-5-8-22-23(15-20)37(2)17-24-28(22,16-18-3-6-21(31)7-4-18)13-14-38(24)26(41)29(33)11-9-19(10-12-29)25(39)40/h3-8,15,19,24H,9-14,16-17H2,1-2H3,(H,39,40)/t19-,24?,27?,28?,29+. The lowest BCUT2D eigenvalue weighted by atomic mass is 9.66. The molecule has 222 valence electrons. The van der Waals surface area contributed by atoms with Crippen molar-refractivity contribution >= 4 is 29.2 Å². The van der Waals surface area contributed by atoms with Crippen LogP contribution in [-0.2, 0) is 27.1 Å². The molecule has 41 heavy (non-hydrogen) atoms. The van der Waals surface area contributed by atoms with E-state index in [1.165, 1.54) is 12.1 Å². The fraction of sp³-hybridized carbons (Fsp3) is 0.533.